The van der Waals surface area contributed by atoms with Crippen molar-refractivity contribution in [2.75, 3.05) is 17.2 Å². The maximum atomic E-state index is 12.2. The first-order chi connectivity index (χ1) is 17.2. The maximum absolute atomic E-state index is 12.2. The molecule has 9 heteroatoms. The lowest BCUT2D eigenvalue weighted by atomic mass is 10.1. The predicted molar refractivity (Wildman–Crippen MR) is 141 cm³/mol. The van der Waals surface area contributed by atoms with Gasteiger partial charge in [0.1, 0.15) is 11.5 Å². The van der Waals surface area contributed by atoms with E-state index in [1.54, 1.807) is 48.5 Å². The first-order valence-electron chi connectivity index (χ1n) is 11.2. The Balaban J connectivity index is 1.34. The summed E-state index contributed by atoms with van der Waals surface area (Å²) in [6.45, 7) is 3.55. The van der Waals surface area contributed by atoms with Gasteiger partial charge >= 0.3 is 5.97 Å². The third-order valence-electron chi connectivity index (χ3n) is 5.20. The highest BCUT2D eigenvalue weighted by atomic mass is 35.5. The Morgan fingerprint density at radius 1 is 0.778 bits per heavy atom. The molecule has 0 fully saturated rings. The van der Waals surface area contributed by atoms with E-state index in [2.05, 4.69) is 10.6 Å². The van der Waals surface area contributed by atoms with Crippen molar-refractivity contribution in [2.24, 2.45) is 0 Å². The molecule has 188 valence electrons. The molecule has 2 amide bonds. The van der Waals surface area contributed by atoms with Crippen molar-refractivity contribution in [3.63, 3.8) is 0 Å². The summed E-state index contributed by atoms with van der Waals surface area (Å²) in [4.78, 5) is 36.1. The molecule has 0 aromatic heterocycles. The quantitative estimate of drug-likeness (QED) is 0.285. The van der Waals surface area contributed by atoms with Gasteiger partial charge in [-0.15, -0.1) is 0 Å². The Labute approximate surface area is 219 Å². The summed E-state index contributed by atoms with van der Waals surface area (Å²) in [6.07, 6.45) is 0.446. The minimum atomic E-state index is -0.541. The number of rotatable bonds is 10. The monoisotopic (exact) mass is 528 g/mol. The SMILES string of the molecule is Cc1ccc(NC(=O)COC(=O)CCCC(=O)Nc2ccc(Oc3ccc(Cl)cc3Cl)cc2)cc1C. The van der Waals surface area contributed by atoms with Gasteiger partial charge in [-0.2, -0.15) is 0 Å². The van der Waals surface area contributed by atoms with E-state index in [0.717, 1.165) is 11.1 Å². The third kappa shape index (κ3) is 8.59. The molecule has 0 radical (unpaired) electrons. The lowest BCUT2D eigenvalue weighted by Crippen LogP contribution is -2.21. The molecule has 0 heterocycles. The number of anilines is 2. The van der Waals surface area contributed by atoms with Gasteiger partial charge in [0.05, 0.1) is 5.02 Å². The van der Waals surface area contributed by atoms with Crippen LogP contribution in [0.1, 0.15) is 30.4 Å². The first-order valence-corrected chi connectivity index (χ1v) is 12.0. The number of benzene rings is 3. The molecule has 0 aliphatic carbocycles. The largest absolute Gasteiger partial charge is 0.456 e. The van der Waals surface area contributed by atoms with E-state index in [1.807, 2.05) is 26.0 Å². The fourth-order valence-corrected chi connectivity index (χ4v) is 3.59. The van der Waals surface area contributed by atoms with Crippen molar-refractivity contribution in [1.29, 1.82) is 0 Å². The number of amides is 2. The Morgan fingerprint density at radius 2 is 1.47 bits per heavy atom. The van der Waals surface area contributed by atoms with Crippen LogP contribution < -0.4 is 15.4 Å². The summed E-state index contributed by atoms with van der Waals surface area (Å²) < 4.78 is 10.7. The van der Waals surface area contributed by atoms with Crippen molar-refractivity contribution >= 4 is 52.4 Å². The van der Waals surface area contributed by atoms with E-state index in [-0.39, 0.29) is 25.4 Å². The molecule has 0 saturated carbocycles. The molecular formula is C27H26Cl2N2O5. The van der Waals surface area contributed by atoms with Crippen LogP contribution in [-0.4, -0.2) is 24.4 Å². The molecule has 3 aromatic carbocycles. The molecule has 0 aliphatic rings. The van der Waals surface area contributed by atoms with E-state index in [9.17, 15) is 14.4 Å². The second kappa shape index (κ2) is 13.0. The first kappa shape index (κ1) is 27.0. The number of halogens is 2. The normalized spacial score (nSPS) is 10.4. The molecule has 3 aromatic rings. The van der Waals surface area contributed by atoms with Crippen molar-refractivity contribution in [3.05, 3.63) is 81.8 Å². The third-order valence-corrected chi connectivity index (χ3v) is 5.73. The molecular weight excluding hydrogens is 503 g/mol. The number of hydrogen-bond donors (Lipinski definition) is 2. The van der Waals surface area contributed by atoms with Crippen LogP contribution in [0.4, 0.5) is 11.4 Å². The van der Waals surface area contributed by atoms with E-state index in [0.29, 0.717) is 39.3 Å². The van der Waals surface area contributed by atoms with Gasteiger partial charge in [-0.05, 0) is 86.0 Å². The van der Waals surface area contributed by atoms with E-state index >= 15 is 0 Å². The average Bonchev–Trinajstić information content (AvgIpc) is 2.83. The van der Waals surface area contributed by atoms with Crippen LogP contribution in [0.25, 0.3) is 0 Å². The zero-order valence-electron chi connectivity index (χ0n) is 19.9. The van der Waals surface area contributed by atoms with E-state index < -0.39 is 11.9 Å². The smallest absolute Gasteiger partial charge is 0.306 e. The average molecular weight is 529 g/mol. The summed E-state index contributed by atoms with van der Waals surface area (Å²) in [7, 11) is 0. The molecule has 2 N–H and O–H groups in total. The Morgan fingerprint density at radius 3 is 2.17 bits per heavy atom. The van der Waals surface area contributed by atoms with Gasteiger partial charge in [-0.25, -0.2) is 0 Å². The fraction of sp³-hybridized carbons (Fsp3) is 0.222. The Hall–Kier alpha value is -3.55. The molecule has 0 atom stereocenters. The van der Waals surface area contributed by atoms with Gasteiger partial charge in [-0.3, -0.25) is 14.4 Å². The highest BCUT2D eigenvalue weighted by Crippen LogP contribution is 2.32. The van der Waals surface area contributed by atoms with Gasteiger partial charge in [0.15, 0.2) is 6.61 Å². The summed E-state index contributed by atoms with van der Waals surface area (Å²) in [5.41, 5.74) is 3.40. The van der Waals surface area contributed by atoms with Crippen molar-refractivity contribution in [2.45, 2.75) is 33.1 Å². The van der Waals surface area contributed by atoms with Crippen molar-refractivity contribution in [1.82, 2.24) is 0 Å². The summed E-state index contributed by atoms with van der Waals surface area (Å²) in [5.74, 6) is -0.200. The number of esters is 1. The highest BCUT2D eigenvalue weighted by molar-refractivity contribution is 6.35. The predicted octanol–water partition coefficient (Wildman–Crippen LogP) is 6.69. The van der Waals surface area contributed by atoms with Gasteiger partial charge in [0.25, 0.3) is 5.91 Å². The topological polar surface area (TPSA) is 93.7 Å². The highest BCUT2D eigenvalue weighted by Gasteiger charge is 2.11. The molecule has 0 saturated heterocycles. The summed E-state index contributed by atoms with van der Waals surface area (Å²) in [6, 6.07) is 17.3. The molecule has 0 spiro atoms. The van der Waals surface area contributed by atoms with Crippen LogP contribution in [0.5, 0.6) is 11.5 Å². The second-order valence-corrected chi connectivity index (χ2v) is 8.95. The van der Waals surface area contributed by atoms with Crippen molar-refractivity contribution in [3.8, 4) is 11.5 Å². The lowest BCUT2D eigenvalue weighted by molar-refractivity contribution is -0.147. The summed E-state index contributed by atoms with van der Waals surface area (Å²) >= 11 is 12.0. The van der Waals surface area contributed by atoms with Crippen LogP contribution in [0, 0.1) is 13.8 Å². The number of carbonyl (C=O) groups is 3. The zero-order chi connectivity index (χ0) is 26.1. The van der Waals surface area contributed by atoms with Gasteiger partial charge in [-0.1, -0.05) is 29.3 Å². The Bertz CT molecular complexity index is 1250. The minimum absolute atomic E-state index is 0.0268. The second-order valence-electron chi connectivity index (χ2n) is 8.11. The molecule has 3 rings (SSSR count). The fourth-order valence-electron chi connectivity index (χ4n) is 3.14. The number of nitrogens with one attached hydrogen (secondary N) is 2. The minimum Gasteiger partial charge on any atom is -0.456 e. The number of ether oxygens (including phenoxy) is 2. The van der Waals surface area contributed by atoms with Gasteiger partial charge in [0.2, 0.25) is 5.91 Å². The van der Waals surface area contributed by atoms with Crippen LogP contribution in [0.3, 0.4) is 0 Å². The van der Waals surface area contributed by atoms with Crippen LogP contribution in [-0.2, 0) is 19.1 Å². The lowest BCUT2D eigenvalue weighted by Gasteiger charge is -2.10. The zero-order valence-corrected chi connectivity index (χ0v) is 21.4. The van der Waals surface area contributed by atoms with E-state index in [4.69, 9.17) is 32.7 Å². The molecule has 0 bridgehead atoms. The van der Waals surface area contributed by atoms with Crippen molar-refractivity contribution < 1.29 is 23.9 Å². The van der Waals surface area contributed by atoms with Crippen LogP contribution in [0.15, 0.2) is 60.7 Å². The molecule has 36 heavy (non-hydrogen) atoms. The number of aryl methyl sites for hydroxylation is 2. The van der Waals surface area contributed by atoms with E-state index in [1.165, 1.54) is 0 Å². The molecule has 0 unspecified atom stereocenters. The standard InChI is InChI=1S/C27H26Cl2N2O5/c1-17-6-8-21(14-18(17)2)31-26(33)16-35-27(34)5-3-4-25(32)30-20-9-11-22(12-10-20)36-24-13-7-19(28)15-23(24)29/h6-15H,3-5,16H2,1-2H3,(H,30,32)(H,31,33). The molecule has 7 nitrogen and oxygen atoms in total. The van der Waals surface area contributed by atoms with Gasteiger partial charge < -0.3 is 20.1 Å². The van der Waals surface area contributed by atoms with Crippen LogP contribution >= 0.6 is 23.2 Å². The summed E-state index contributed by atoms with van der Waals surface area (Å²) in [5, 5.41) is 6.35. The molecule has 0 aliphatic heterocycles. The number of hydrogen-bond acceptors (Lipinski definition) is 5. The number of carbonyl (C=O) groups excluding carboxylic acids is 3. The Kier molecular flexibility index (Phi) is 9.73. The van der Waals surface area contributed by atoms with Gasteiger partial charge in [0, 0.05) is 29.2 Å². The van der Waals surface area contributed by atoms with Crippen LogP contribution in [0.2, 0.25) is 10.0 Å². The maximum Gasteiger partial charge on any atom is 0.306 e.